The fraction of sp³-hybridized carbons (Fsp3) is 0.545. The normalized spacial score (nSPS) is 25.9. The Balaban J connectivity index is 0.00000363. The predicted octanol–water partition coefficient (Wildman–Crippen LogP) is -12.1. The van der Waals surface area contributed by atoms with Crippen molar-refractivity contribution >= 4 is 34.6 Å². The molecule has 0 amide bonds. The number of imidazole rings is 1. The number of H-pyrrole nitrogens is 1. The summed E-state index contributed by atoms with van der Waals surface area (Å²) >= 11 is 0. The number of phosphoric acid groups is 3. The van der Waals surface area contributed by atoms with E-state index in [1.807, 2.05) is 0 Å². The van der Waals surface area contributed by atoms with E-state index in [-0.39, 0.29) is 106 Å². The van der Waals surface area contributed by atoms with Gasteiger partial charge in [0.15, 0.2) is 11.2 Å². The zero-order valence-electron chi connectivity index (χ0n) is 18.0. The number of phosphoric ester groups is 1. The second-order valence-electron chi connectivity index (χ2n) is 6.42. The molecule has 0 spiro atoms. The quantitative estimate of drug-likeness (QED) is 0.169. The molecule has 0 aromatic carbocycles. The number of rotatable bonds is 8. The molecule has 1 aliphatic carbocycles. The van der Waals surface area contributed by atoms with Crippen LogP contribution in [0.4, 0.5) is 0 Å². The van der Waals surface area contributed by atoms with Crippen molar-refractivity contribution in [2.24, 2.45) is 5.92 Å². The Bertz CT molecular complexity index is 1170. The van der Waals surface area contributed by atoms with Crippen molar-refractivity contribution in [3.8, 4) is 0 Å². The minimum Gasteiger partial charge on any atom is -0.790 e. The molecule has 34 heavy (non-hydrogen) atoms. The van der Waals surface area contributed by atoms with Gasteiger partial charge in [-0.15, -0.1) is 0 Å². The molecule has 2 aromatic rings. The summed E-state index contributed by atoms with van der Waals surface area (Å²) in [5, 5.41) is 20.5. The molecule has 6 atom stereocenters. The van der Waals surface area contributed by atoms with Crippen LogP contribution in [0, 0.1) is 5.92 Å². The van der Waals surface area contributed by atoms with E-state index in [9.17, 15) is 48.3 Å². The molecule has 17 nitrogen and oxygen atoms in total. The summed E-state index contributed by atoms with van der Waals surface area (Å²) in [6.45, 7) is -0.824. The summed E-state index contributed by atoms with van der Waals surface area (Å²) in [6, 6.07) is -0.886. The van der Waals surface area contributed by atoms with Gasteiger partial charge in [-0.2, -0.15) is 0 Å². The minimum absolute atomic E-state index is 0. The molecule has 0 saturated heterocycles. The van der Waals surface area contributed by atoms with Gasteiger partial charge >= 0.3 is 96.5 Å². The van der Waals surface area contributed by atoms with Crippen LogP contribution in [0.5, 0.6) is 0 Å². The van der Waals surface area contributed by atoms with Crippen molar-refractivity contribution in [3.05, 3.63) is 23.0 Å². The van der Waals surface area contributed by atoms with Crippen LogP contribution in [0.15, 0.2) is 17.4 Å². The number of fused-ring (bicyclic) bond motifs is 1. The first kappa shape index (κ1) is 35.7. The molecule has 1 saturated carbocycles. The monoisotopic (exact) mass is 572 g/mol. The Morgan fingerprint density at radius 3 is 2.29 bits per heavy atom. The van der Waals surface area contributed by atoms with Crippen molar-refractivity contribution in [2.75, 3.05) is 6.61 Å². The van der Waals surface area contributed by atoms with Gasteiger partial charge in [0.25, 0.3) is 13.4 Å². The van der Waals surface area contributed by atoms with Gasteiger partial charge in [0, 0.05) is 5.92 Å². The van der Waals surface area contributed by atoms with Crippen LogP contribution < -0.4 is 109 Å². The van der Waals surface area contributed by atoms with Gasteiger partial charge in [0.2, 0.25) is 0 Å². The third-order valence-corrected chi connectivity index (χ3v) is 8.05. The predicted molar refractivity (Wildman–Crippen MR) is 90.5 cm³/mol. The van der Waals surface area contributed by atoms with Crippen molar-refractivity contribution in [2.45, 2.75) is 24.7 Å². The number of aliphatic hydroxyl groups excluding tert-OH is 2. The number of hydrogen-bond donors (Lipinski definition) is 4. The SMILES string of the molecule is O=c1[nH]cnc2c1ncn2[C@@H]1CC(COP(=O)(O)OP(=O)([O-])OP(=O)([O-])[O-])[C@@H](O)[C@H]1O.[Na+].[Na+].[Na+]. The Hall–Kier alpha value is 1.68. The Morgan fingerprint density at radius 1 is 1.09 bits per heavy atom. The smallest absolute Gasteiger partial charge is 0.790 e. The van der Waals surface area contributed by atoms with Crippen LogP contribution in [0.25, 0.3) is 11.2 Å². The van der Waals surface area contributed by atoms with E-state index in [1.165, 1.54) is 10.9 Å². The number of aromatic amines is 1. The minimum atomic E-state index is -6.09. The maximum Gasteiger partial charge on any atom is 1.00 e. The van der Waals surface area contributed by atoms with Gasteiger partial charge in [-0.25, -0.2) is 18.8 Å². The second kappa shape index (κ2) is 13.7. The zero-order chi connectivity index (χ0) is 23.2. The first-order valence-corrected chi connectivity index (χ1v) is 12.6. The summed E-state index contributed by atoms with van der Waals surface area (Å²) in [4.78, 5) is 63.2. The summed E-state index contributed by atoms with van der Waals surface area (Å²) in [6.07, 6.45) is -0.766. The molecule has 0 radical (unpaired) electrons. The molecular formula is C11H14N4Na3O13P3. The third kappa shape index (κ3) is 9.16. The molecule has 2 aromatic heterocycles. The van der Waals surface area contributed by atoms with Gasteiger partial charge in [-0.05, 0) is 6.42 Å². The molecule has 2 heterocycles. The van der Waals surface area contributed by atoms with E-state index in [1.54, 1.807) is 0 Å². The Labute approximate surface area is 257 Å². The number of aliphatic hydroxyl groups is 2. The maximum absolute atomic E-state index is 11.7. The average Bonchev–Trinajstić information content (AvgIpc) is 3.13. The van der Waals surface area contributed by atoms with E-state index in [4.69, 9.17) is 0 Å². The third-order valence-electron chi connectivity index (χ3n) is 4.35. The number of hydrogen-bond acceptors (Lipinski definition) is 14. The van der Waals surface area contributed by atoms with Crippen LogP contribution in [-0.4, -0.2) is 53.4 Å². The number of aromatic nitrogens is 4. The van der Waals surface area contributed by atoms with Crippen LogP contribution in [-0.2, 0) is 26.8 Å². The second-order valence-corrected chi connectivity index (χ2v) is 10.7. The van der Waals surface area contributed by atoms with E-state index in [0.717, 1.165) is 6.33 Å². The number of nitrogens with zero attached hydrogens (tertiary/aromatic N) is 3. The van der Waals surface area contributed by atoms with Gasteiger partial charge in [0.1, 0.15) is 6.10 Å². The van der Waals surface area contributed by atoms with Crippen molar-refractivity contribution in [3.63, 3.8) is 0 Å². The molecular weight excluding hydrogens is 558 g/mol. The average molecular weight is 572 g/mol. The summed E-state index contributed by atoms with van der Waals surface area (Å²) in [5.41, 5.74) is -0.473. The largest absolute Gasteiger partial charge is 1.00 e. The van der Waals surface area contributed by atoms with Crippen molar-refractivity contribution in [1.29, 1.82) is 0 Å². The molecule has 3 rings (SSSR count). The van der Waals surface area contributed by atoms with Gasteiger partial charge in [0.05, 0.1) is 39.2 Å². The Kier molecular flexibility index (Phi) is 14.3. The summed E-state index contributed by atoms with van der Waals surface area (Å²) in [5.74, 6) is -1.04. The van der Waals surface area contributed by atoms with Gasteiger partial charge in [-0.1, -0.05) is 0 Å². The van der Waals surface area contributed by atoms with Gasteiger partial charge in [-0.3, -0.25) is 18.2 Å². The van der Waals surface area contributed by atoms with Crippen molar-refractivity contribution < 1.29 is 145 Å². The molecule has 1 aliphatic rings. The van der Waals surface area contributed by atoms with E-state index < -0.39 is 59.8 Å². The molecule has 4 N–H and O–H groups in total. The fourth-order valence-corrected chi connectivity index (χ4v) is 6.07. The maximum atomic E-state index is 11.7. The first-order valence-electron chi connectivity index (χ1n) is 8.18. The molecule has 0 bridgehead atoms. The standard InChI is InChI=1S/C11H17N4O13P3.3Na/c16-8-5(2-26-30(22,23)28-31(24,25)27-29(19,20)21)1-6(9(8)17)15-4-14-7-10(15)12-3-13-11(7)18;;;/h3-6,8-9,16-17H,1-2H2,(H,22,23)(H,24,25)(H,12,13,18)(H2,19,20,21);;;/q;3*+1/p-3/t5?,6-,8-,9+;;;/m1.../s1. The first-order chi connectivity index (χ1) is 14.2. The molecule has 23 heteroatoms. The Morgan fingerprint density at radius 2 is 1.71 bits per heavy atom. The van der Waals surface area contributed by atoms with Crippen LogP contribution in [0.3, 0.4) is 0 Å². The van der Waals surface area contributed by atoms with Crippen LogP contribution >= 0.6 is 23.5 Å². The topological polar surface area (TPSA) is 272 Å². The molecule has 1 fully saturated rings. The van der Waals surface area contributed by atoms with Crippen LogP contribution in [0.2, 0.25) is 0 Å². The summed E-state index contributed by atoms with van der Waals surface area (Å²) < 4.78 is 45.7. The van der Waals surface area contributed by atoms with Crippen molar-refractivity contribution in [1.82, 2.24) is 19.5 Å². The van der Waals surface area contributed by atoms with E-state index in [0.29, 0.717) is 0 Å². The zero-order valence-corrected chi connectivity index (χ0v) is 26.7. The van der Waals surface area contributed by atoms with E-state index in [2.05, 4.69) is 28.1 Å². The molecule has 3 unspecified atom stereocenters. The van der Waals surface area contributed by atoms with Crippen LogP contribution in [0.1, 0.15) is 12.5 Å². The summed E-state index contributed by atoms with van der Waals surface area (Å²) in [7, 11) is -17.6. The molecule has 0 aliphatic heterocycles. The van der Waals surface area contributed by atoms with E-state index >= 15 is 0 Å². The number of nitrogens with one attached hydrogen (secondary N) is 1. The van der Waals surface area contributed by atoms with Gasteiger partial charge < -0.3 is 43.9 Å². The fourth-order valence-electron chi connectivity index (χ4n) is 3.12. The molecule has 174 valence electrons.